The molecule has 0 radical (unpaired) electrons. The van der Waals surface area contributed by atoms with E-state index in [4.69, 9.17) is 11.6 Å². The number of halogens is 7. The van der Waals surface area contributed by atoms with Gasteiger partial charge in [0.05, 0.1) is 16.3 Å². The maximum absolute atomic E-state index is 12.9. The predicted molar refractivity (Wildman–Crippen MR) is 98.8 cm³/mol. The zero-order valence-electron chi connectivity index (χ0n) is 16.1. The van der Waals surface area contributed by atoms with Crippen LogP contribution in [0.1, 0.15) is 36.9 Å². The Morgan fingerprint density at radius 1 is 1.13 bits per heavy atom. The van der Waals surface area contributed by atoms with Crippen molar-refractivity contribution in [1.82, 2.24) is 14.7 Å². The maximum Gasteiger partial charge on any atom is 0.426 e. The van der Waals surface area contributed by atoms with E-state index in [0.29, 0.717) is 12.6 Å². The van der Waals surface area contributed by atoms with E-state index in [2.05, 4.69) is 5.10 Å². The third kappa shape index (κ3) is 4.52. The average molecular weight is 470 g/mol. The third-order valence-corrected chi connectivity index (χ3v) is 5.65. The van der Waals surface area contributed by atoms with Crippen molar-refractivity contribution in [3.8, 4) is 5.69 Å². The van der Waals surface area contributed by atoms with Crippen molar-refractivity contribution in [2.45, 2.75) is 43.6 Å². The third-order valence-electron chi connectivity index (χ3n) is 5.34. The van der Waals surface area contributed by atoms with Gasteiger partial charge in [0.15, 0.2) is 0 Å². The lowest BCUT2D eigenvalue weighted by molar-refractivity contribution is -0.250. The summed E-state index contributed by atoms with van der Waals surface area (Å²) >= 11 is 6.05. The van der Waals surface area contributed by atoms with Gasteiger partial charge in [-0.2, -0.15) is 31.4 Å². The number of aromatic nitrogens is 2. The highest BCUT2D eigenvalue weighted by Crippen LogP contribution is 2.37. The number of nitrogens with zero attached hydrogens (tertiary/aromatic N) is 3. The minimum Gasteiger partial charge on any atom is -0.373 e. The Kier molecular flexibility index (Phi) is 6.05. The molecule has 1 aromatic heterocycles. The molecule has 1 amide bonds. The van der Waals surface area contributed by atoms with Gasteiger partial charge in [-0.1, -0.05) is 11.6 Å². The summed E-state index contributed by atoms with van der Waals surface area (Å²) < 4.78 is 78.8. The molecule has 12 heteroatoms. The van der Waals surface area contributed by atoms with Gasteiger partial charge in [0.25, 0.3) is 5.91 Å². The van der Waals surface area contributed by atoms with Crippen LogP contribution in [-0.2, 0) is 11.0 Å². The fourth-order valence-electron chi connectivity index (χ4n) is 3.49. The van der Waals surface area contributed by atoms with E-state index >= 15 is 0 Å². The summed E-state index contributed by atoms with van der Waals surface area (Å²) in [5.74, 6) is -1.64. The molecule has 0 bridgehead atoms. The summed E-state index contributed by atoms with van der Waals surface area (Å²) in [5, 5.41) is 13.6. The molecule has 5 nitrogen and oxygen atoms in total. The smallest absolute Gasteiger partial charge is 0.373 e. The van der Waals surface area contributed by atoms with Gasteiger partial charge < -0.3 is 10.0 Å². The van der Waals surface area contributed by atoms with E-state index in [-0.39, 0.29) is 42.6 Å². The van der Waals surface area contributed by atoms with Gasteiger partial charge in [0, 0.05) is 30.9 Å². The van der Waals surface area contributed by atoms with Crippen LogP contribution < -0.4 is 0 Å². The number of likely N-dealkylation sites (tertiary alicyclic amines) is 1. The molecule has 2 aromatic rings. The van der Waals surface area contributed by atoms with Crippen molar-refractivity contribution in [3.05, 3.63) is 46.7 Å². The Morgan fingerprint density at radius 3 is 2.26 bits per heavy atom. The number of alkyl halides is 6. The van der Waals surface area contributed by atoms with Crippen LogP contribution in [0.4, 0.5) is 26.3 Å². The molecule has 0 saturated carbocycles. The van der Waals surface area contributed by atoms with Crippen LogP contribution in [-0.4, -0.2) is 50.6 Å². The van der Waals surface area contributed by atoms with Crippen LogP contribution in [0.25, 0.3) is 5.69 Å². The highest BCUT2D eigenvalue weighted by atomic mass is 35.5. The lowest BCUT2D eigenvalue weighted by atomic mass is 9.92. The first-order chi connectivity index (χ1) is 14.2. The molecule has 0 unspecified atom stereocenters. The molecule has 1 fully saturated rings. The molecular formula is C19H18ClF6N3O2. The van der Waals surface area contributed by atoms with E-state index in [1.54, 1.807) is 6.07 Å². The van der Waals surface area contributed by atoms with Crippen molar-refractivity contribution in [3.63, 3.8) is 0 Å². The molecule has 31 heavy (non-hydrogen) atoms. The minimum absolute atomic E-state index is 0.0261. The fraction of sp³-hybridized carbons (Fsp3) is 0.474. The molecule has 1 aliphatic rings. The SMILES string of the molecule is C[C@@](O)(C(=O)N1CCC(c2ccnn2-c2ccc(C(F)(F)F)cc2Cl)CC1)C(F)(F)F. The Bertz CT molecular complexity index is 962. The summed E-state index contributed by atoms with van der Waals surface area (Å²) in [5.41, 5.74) is -3.54. The number of hydrogen-bond acceptors (Lipinski definition) is 3. The first-order valence-electron chi connectivity index (χ1n) is 9.23. The first kappa shape index (κ1) is 23.4. The minimum atomic E-state index is -5.10. The van der Waals surface area contributed by atoms with Crippen LogP contribution >= 0.6 is 11.6 Å². The van der Waals surface area contributed by atoms with Gasteiger partial charge in [-0.05, 0) is 44.0 Å². The number of piperidine rings is 1. The van der Waals surface area contributed by atoms with Gasteiger partial charge in [0.1, 0.15) is 0 Å². The predicted octanol–water partition coefficient (Wildman–Crippen LogP) is 4.56. The number of carbonyl (C=O) groups excluding carboxylic acids is 1. The lowest BCUT2D eigenvalue weighted by Crippen LogP contribution is -2.57. The quantitative estimate of drug-likeness (QED) is 0.670. The monoisotopic (exact) mass is 469 g/mol. The highest BCUT2D eigenvalue weighted by molar-refractivity contribution is 6.32. The summed E-state index contributed by atoms with van der Waals surface area (Å²) in [6.45, 7) is 0.367. The molecule has 1 atom stereocenters. The van der Waals surface area contributed by atoms with Crippen molar-refractivity contribution in [2.75, 3.05) is 13.1 Å². The zero-order chi connectivity index (χ0) is 23.2. The summed E-state index contributed by atoms with van der Waals surface area (Å²) in [4.78, 5) is 13.1. The number of benzene rings is 1. The van der Waals surface area contributed by atoms with Gasteiger partial charge in [-0.15, -0.1) is 0 Å². The van der Waals surface area contributed by atoms with E-state index in [1.807, 2.05) is 0 Å². The second-order valence-electron chi connectivity index (χ2n) is 7.47. The Balaban J connectivity index is 1.77. The van der Waals surface area contributed by atoms with Crippen molar-refractivity contribution >= 4 is 17.5 Å². The van der Waals surface area contributed by atoms with Gasteiger partial charge in [0.2, 0.25) is 5.60 Å². The number of amides is 1. The molecule has 170 valence electrons. The Morgan fingerprint density at radius 2 is 1.74 bits per heavy atom. The largest absolute Gasteiger partial charge is 0.426 e. The molecule has 1 saturated heterocycles. The van der Waals surface area contributed by atoms with Gasteiger partial charge >= 0.3 is 12.4 Å². The van der Waals surface area contributed by atoms with Crippen LogP contribution in [0.3, 0.4) is 0 Å². The van der Waals surface area contributed by atoms with Crippen LogP contribution in [0.5, 0.6) is 0 Å². The number of aliphatic hydroxyl groups is 1. The van der Waals surface area contributed by atoms with Crippen LogP contribution in [0.15, 0.2) is 30.5 Å². The van der Waals surface area contributed by atoms with Crippen molar-refractivity contribution < 1.29 is 36.2 Å². The summed E-state index contributed by atoms with van der Waals surface area (Å²) in [7, 11) is 0. The zero-order valence-corrected chi connectivity index (χ0v) is 16.9. The molecule has 0 spiro atoms. The summed E-state index contributed by atoms with van der Waals surface area (Å²) in [6, 6.07) is 4.51. The number of carbonyl (C=O) groups is 1. The topological polar surface area (TPSA) is 58.4 Å². The molecule has 3 rings (SSSR count). The highest BCUT2D eigenvalue weighted by Gasteiger charge is 2.57. The number of hydrogen-bond donors (Lipinski definition) is 1. The van der Waals surface area contributed by atoms with Gasteiger partial charge in [-0.3, -0.25) is 4.79 Å². The van der Waals surface area contributed by atoms with E-state index in [1.165, 1.54) is 16.9 Å². The second kappa shape index (κ2) is 8.01. The van der Waals surface area contributed by atoms with Crippen molar-refractivity contribution in [2.24, 2.45) is 0 Å². The molecule has 0 aliphatic carbocycles. The standard InChI is InChI=1S/C19H18ClF6N3O2/c1-17(31,19(24,25)26)16(30)28-8-5-11(6-9-28)14-4-7-27-29(14)15-3-2-12(10-13(15)20)18(21,22)23/h2-4,7,10-11,31H,5-6,8-9H2,1H3/t17-/m1/s1. The van der Waals surface area contributed by atoms with Gasteiger partial charge in [-0.25, -0.2) is 4.68 Å². The lowest BCUT2D eigenvalue weighted by Gasteiger charge is -2.36. The van der Waals surface area contributed by atoms with Crippen LogP contribution in [0.2, 0.25) is 5.02 Å². The molecular weight excluding hydrogens is 452 g/mol. The van der Waals surface area contributed by atoms with E-state index in [0.717, 1.165) is 17.0 Å². The average Bonchev–Trinajstić information content (AvgIpc) is 3.15. The molecule has 1 aliphatic heterocycles. The second-order valence-corrected chi connectivity index (χ2v) is 7.88. The first-order valence-corrected chi connectivity index (χ1v) is 9.61. The Hall–Kier alpha value is -2.27. The van der Waals surface area contributed by atoms with E-state index in [9.17, 15) is 36.2 Å². The molecule has 2 heterocycles. The summed E-state index contributed by atoms with van der Waals surface area (Å²) in [6.07, 6.45) is -7.65. The molecule has 1 N–H and O–H groups in total. The van der Waals surface area contributed by atoms with E-state index < -0.39 is 29.4 Å². The molecule has 1 aromatic carbocycles. The van der Waals surface area contributed by atoms with Crippen molar-refractivity contribution in [1.29, 1.82) is 0 Å². The van der Waals surface area contributed by atoms with Crippen LogP contribution in [0, 0.1) is 0 Å². The normalized spacial score (nSPS) is 18.2. The maximum atomic E-state index is 12.9. The number of rotatable bonds is 3. The Labute approximate surface area is 178 Å². The fourth-order valence-corrected chi connectivity index (χ4v) is 3.75.